The lowest BCUT2D eigenvalue weighted by Crippen LogP contribution is -2.11. The highest BCUT2D eigenvalue weighted by atomic mass is 32.2. The molecule has 1 unspecified atom stereocenters. The third-order valence-corrected chi connectivity index (χ3v) is 3.99. The molecule has 1 N–H and O–H groups in total. The van der Waals surface area contributed by atoms with Gasteiger partial charge in [0.25, 0.3) is 0 Å². The van der Waals surface area contributed by atoms with Crippen LogP contribution in [-0.2, 0) is 4.79 Å². The first-order valence-electron chi connectivity index (χ1n) is 6.49. The van der Waals surface area contributed by atoms with Gasteiger partial charge in [0, 0.05) is 5.75 Å². The summed E-state index contributed by atoms with van der Waals surface area (Å²) in [7, 11) is 0. The van der Waals surface area contributed by atoms with Gasteiger partial charge in [-0.15, -0.1) is 0 Å². The molecule has 1 atom stereocenters. The number of rotatable bonds is 11. The van der Waals surface area contributed by atoms with Crippen molar-refractivity contribution in [3.63, 3.8) is 0 Å². The van der Waals surface area contributed by atoms with E-state index < -0.39 is 5.97 Å². The molecule has 3 heteroatoms. The number of aliphatic carboxylic acids is 1. The molecule has 0 spiro atoms. The summed E-state index contributed by atoms with van der Waals surface area (Å²) in [6, 6.07) is 0. The fraction of sp³-hybridized carbons (Fsp3) is 0.923. The summed E-state index contributed by atoms with van der Waals surface area (Å²) in [6.07, 6.45) is 9.30. The van der Waals surface area contributed by atoms with Crippen LogP contribution >= 0.6 is 11.8 Å². The van der Waals surface area contributed by atoms with Crippen LogP contribution in [0.3, 0.4) is 0 Å². The smallest absolute Gasteiger partial charge is 0.307 e. The Morgan fingerprint density at radius 2 is 1.69 bits per heavy atom. The maximum absolute atomic E-state index is 10.6. The number of carboxylic acids is 1. The Morgan fingerprint density at radius 1 is 1.12 bits per heavy atom. The molecule has 2 nitrogen and oxygen atoms in total. The Bertz CT molecular complexity index is 171. The third kappa shape index (κ3) is 10.3. The van der Waals surface area contributed by atoms with Crippen molar-refractivity contribution in [1.29, 1.82) is 0 Å². The summed E-state index contributed by atoms with van der Waals surface area (Å²) in [4.78, 5) is 10.6. The van der Waals surface area contributed by atoms with Crippen molar-refractivity contribution < 1.29 is 9.90 Å². The molecule has 0 radical (unpaired) electrons. The van der Waals surface area contributed by atoms with Crippen LogP contribution in [0.15, 0.2) is 0 Å². The number of unbranched alkanes of at least 4 members (excludes halogenated alkanes) is 6. The molecule has 0 amide bonds. The molecule has 0 aromatic carbocycles. The second-order valence-electron chi connectivity index (χ2n) is 4.44. The summed E-state index contributed by atoms with van der Waals surface area (Å²) >= 11 is 1.78. The molecular weight excluding hydrogens is 220 g/mol. The Labute approximate surface area is 104 Å². The monoisotopic (exact) mass is 246 g/mol. The molecule has 0 aliphatic heterocycles. The molecule has 0 aromatic heterocycles. The molecule has 96 valence electrons. The molecule has 0 heterocycles. The van der Waals surface area contributed by atoms with Gasteiger partial charge in [-0.25, -0.2) is 0 Å². The van der Waals surface area contributed by atoms with Crippen molar-refractivity contribution >= 4 is 17.7 Å². The highest BCUT2D eigenvalue weighted by molar-refractivity contribution is 7.99. The molecule has 0 fully saturated rings. The Kier molecular flexibility index (Phi) is 11.2. The van der Waals surface area contributed by atoms with Gasteiger partial charge in [-0.1, -0.05) is 52.4 Å². The molecule has 0 aliphatic carbocycles. The zero-order chi connectivity index (χ0) is 12.2. The van der Waals surface area contributed by atoms with Gasteiger partial charge in [0.1, 0.15) is 0 Å². The van der Waals surface area contributed by atoms with E-state index in [2.05, 4.69) is 6.92 Å². The van der Waals surface area contributed by atoms with Crippen molar-refractivity contribution in [2.24, 2.45) is 5.92 Å². The quantitative estimate of drug-likeness (QED) is 0.555. The number of hydrogen-bond donors (Lipinski definition) is 1. The van der Waals surface area contributed by atoms with Gasteiger partial charge >= 0.3 is 5.97 Å². The first-order chi connectivity index (χ1) is 7.68. The minimum atomic E-state index is -0.674. The van der Waals surface area contributed by atoms with E-state index in [-0.39, 0.29) is 5.92 Å². The predicted molar refractivity (Wildman–Crippen MR) is 72.1 cm³/mol. The average molecular weight is 246 g/mol. The van der Waals surface area contributed by atoms with Crippen LogP contribution in [0.5, 0.6) is 0 Å². The van der Waals surface area contributed by atoms with Crippen LogP contribution in [-0.4, -0.2) is 22.6 Å². The minimum Gasteiger partial charge on any atom is -0.481 e. The van der Waals surface area contributed by atoms with Crippen LogP contribution in [0.4, 0.5) is 0 Å². The standard InChI is InChI=1S/C13H26O2S/c1-3-4-5-6-7-8-9-10-16-11-12(2)13(14)15/h12H,3-11H2,1-2H3,(H,14,15). The molecular formula is C13H26O2S. The van der Waals surface area contributed by atoms with E-state index in [4.69, 9.17) is 5.11 Å². The van der Waals surface area contributed by atoms with Gasteiger partial charge in [0.15, 0.2) is 0 Å². The van der Waals surface area contributed by atoms with E-state index in [1.807, 2.05) is 0 Å². The van der Waals surface area contributed by atoms with Crippen molar-refractivity contribution in [3.8, 4) is 0 Å². The fourth-order valence-corrected chi connectivity index (χ4v) is 2.56. The van der Waals surface area contributed by atoms with Crippen LogP contribution in [0.1, 0.15) is 58.8 Å². The van der Waals surface area contributed by atoms with Gasteiger partial charge < -0.3 is 5.11 Å². The lowest BCUT2D eigenvalue weighted by Gasteiger charge is -2.05. The first-order valence-corrected chi connectivity index (χ1v) is 7.64. The van der Waals surface area contributed by atoms with E-state index in [0.717, 1.165) is 11.5 Å². The topological polar surface area (TPSA) is 37.3 Å². The third-order valence-electron chi connectivity index (χ3n) is 2.68. The van der Waals surface area contributed by atoms with Crippen LogP contribution in [0.2, 0.25) is 0 Å². The second kappa shape index (κ2) is 11.3. The number of hydrogen-bond acceptors (Lipinski definition) is 2. The van der Waals surface area contributed by atoms with Crippen molar-refractivity contribution in [2.75, 3.05) is 11.5 Å². The van der Waals surface area contributed by atoms with Gasteiger partial charge in [-0.2, -0.15) is 11.8 Å². The number of thioether (sulfide) groups is 1. The van der Waals surface area contributed by atoms with Crippen LogP contribution in [0, 0.1) is 5.92 Å². The van der Waals surface area contributed by atoms with E-state index in [1.54, 1.807) is 18.7 Å². The Balaban J connectivity index is 3.07. The molecule has 0 saturated carbocycles. The fourth-order valence-electron chi connectivity index (χ4n) is 1.49. The predicted octanol–water partition coefficient (Wildman–Crippen LogP) is 4.19. The van der Waals surface area contributed by atoms with E-state index in [1.165, 1.54) is 44.9 Å². The molecule has 0 saturated heterocycles. The summed E-state index contributed by atoms with van der Waals surface area (Å²) in [5.41, 5.74) is 0. The summed E-state index contributed by atoms with van der Waals surface area (Å²) in [5, 5.41) is 8.69. The summed E-state index contributed by atoms with van der Waals surface area (Å²) in [6.45, 7) is 4.01. The van der Waals surface area contributed by atoms with Crippen molar-refractivity contribution in [2.45, 2.75) is 58.8 Å². The lowest BCUT2D eigenvalue weighted by molar-refractivity contribution is -0.140. The van der Waals surface area contributed by atoms with Crippen molar-refractivity contribution in [1.82, 2.24) is 0 Å². The first kappa shape index (κ1) is 15.8. The van der Waals surface area contributed by atoms with Crippen molar-refractivity contribution in [3.05, 3.63) is 0 Å². The van der Waals surface area contributed by atoms with Gasteiger partial charge in [-0.05, 0) is 12.2 Å². The molecule has 16 heavy (non-hydrogen) atoms. The highest BCUT2D eigenvalue weighted by Gasteiger charge is 2.09. The number of carboxylic acid groups (broad SMARTS) is 1. The average Bonchev–Trinajstić information content (AvgIpc) is 2.26. The van der Waals surface area contributed by atoms with Gasteiger partial charge in [0.2, 0.25) is 0 Å². The Hall–Kier alpha value is -0.180. The normalized spacial score (nSPS) is 12.6. The molecule has 0 aromatic rings. The molecule has 0 bridgehead atoms. The largest absolute Gasteiger partial charge is 0.481 e. The van der Waals surface area contributed by atoms with E-state index in [9.17, 15) is 4.79 Å². The van der Waals surface area contributed by atoms with Crippen LogP contribution < -0.4 is 0 Å². The maximum atomic E-state index is 10.6. The van der Waals surface area contributed by atoms with E-state index in [0.29, 0.717) is 0 Å². The Morgan fingerprint density at radius 3 is 2.25 bits per heavy atom. The highest BCUT2D eigenvalue weighted by Crippen LogP contribution is 2.13. The SMILES string of the molecule is CCCCCCCCCSCC(C)C(=O)O. The lowest BCUT2D eigenvalue weighted by atomic mass is 10.1. The second-order valence-corrected chi connectivity index (χ2v) is 5.59. The zero-order valence-corrected chi connectivity index (χ0v) is 11.5. The van der Waals surface area contributed by atoms with Gasteiger partial charge in [0.05, 0.1) is 5.92 Å². The number of carbonyl (C=O) groups is 1. The summed E-state index contributed by atoms with van der Waals surface area (Å²) in [5.74, 6) is 0.998. The van der Waals surface area contributed by atoms with E-state index >= 15 is 0 Å². The zero-order valence-electron chi connectivity index (χ0n) is 10.7. The summed E-state index contributed by atoms with van der Waals surface area (Å²) < 4.78 is 0. The minimum absolute atomic E-state index is 0.199. The maximum Gasteiger partial charge on any atom is 0.307 e. The molecule has 0 rings (SSSR count). The van der Waals surface area contributed by atoms with Gasteiger partial charge in [-0.3, -0.25) is 4.79 Å². The molecule has 0 aliphatic rings. The van der Waals surface area contributed by atoms with Crippen LogP contribution in [0.25, 0.3) is 0 Å².